The molecule has 2 amide bonds. The van der Waals surface area contributed by atoms with Crippen molar-refractivity contribution in [3.8, 4) is 0 Å². The van der Waals surface area contributed by atoms with Crippen molar-refractivity contribution < 1.29 is 9.59 Å². The molecule has 1 heterocycles. The Morgan fingerprint density at radius 3 is 2.80 bits per heavy atom. The molecule has 3 N–H and O–H groups in total. The van der Waals surface area contributed by atoms with Gasteiger partial charge in [0.2, 0.25) is 11.8 Å². The zero-order valence-corrected chi connectivity index (χ0v) is 9.14. The molecule has 0 radical (unpaired) electrons. The molecule has 0 spiro atoms. The van der Waals surface area contributed by atoms with Crippen molar-refractivity contribution in [2.24, 2.45) is 5.92 Å². The largest absolute Gasteiger partial charge is 0.359 e. The Morgan fingerprint density at radius 1 is 1.40 bits per heavy atom. The van der Waals surface area contributed by atoms with Gasteiger partial charge in [-0.05, 0) is 25.4 Å². The fourth-order valence-electron chi connectivity index (χ4n) is 1.66. The minimum Gasteiger partial charge on any atom is -0.359 e. The van der Waals surface area contributed by atoms with Crippen LogP contribution >= 0.6 is 0 Å². The van der Waals surface area contributed by atoms with E-state index in [1.54, 1.807) is 7.05 Å². The first-order chi connectivity index (χ1) is 7.22. The van der Waals surface area contributed by atoms with Gasteiger partial charge in [0.1, 0.15) is 0 Å². The summed E-state index contributed by atoms with van der Waals surface area (Å²) in [6.45, 7) is 2.37. The molecule has 86 valence electrons. The number of rotatable bonds is 5. The third-order valence-electron chi connectivity index (χ3n) is 2.59. The maximum absolute atomic E-state index is 11.4. The van der Waals surface area contributed by atoms with E-state index in [1.165, 1.54) is 0 Å². The summed E-state index contributed by atoms with van der Waals surface area (Å²) in [5.41, 5.74) is 0. The highest BCUT2D eigenvalue weighted by Crippen LogP contribution is 2.11. The van der Waals surface area contributed by atoms with Gasteiger partial charge in [-0.3, -0.25) is 9.59 Å². The van der Waals surface area contributed by atoms with Gasteiger partial charge in [0.05, 0.1) is 0 Å². The lowest BCUT2D eigenvalue weighted by Gasteiger charge is -2.08. The van der Waals surface area contributed by atoms with Gasteiger partial charge in [0.25, 0.3) is 0 Å². The van der Waals surface area contributed by atoms with E-state index in [9.17, 15) is 9.59 Å². The van der Waals surface area contributed by atoms with Gasteiger partial charge in [-0.25, -0.2) is 0 Å². The second-order valence-electron chi connectivity index (χ2n) is 3.84. The number of carbonyl (C=O) groups is 2. The second-order valence-corrected chi connectivity index (χ2v) is 3.84. The van der Waals surface area contributed by atoms with Crippen LogP contribution < -0.4 is 16.0 Å². The zero-order chi connectivity index (χ0) is 11.1. The van der Waals surface area contributed by atoms with Crippen molar-refractivity contribution >= 4 is 11.8 Å². The van der Waals surface area contributed by atoms with Gasteiger partial charge >= 0.3 is 0 Å². The highest BCUT2D eigenvalue weighted by molar-refractivity contribution is 5.78. The Labute approximate surface area is 90.0 Å². The van der Waals surface area contributed by atoms with E-state index in [1.807, 2.05) is 0 Å². The Balaban J connectivity index is 2.05. The fraction of sp³-hybridized carbons (Fsp3) is 0.800. The molecule has 0 saturated carbocycles. The van der Waals surface area contributed by atoms with Crippen LogP contribution in [0.2, 0.25) is 0 Å². The van der Waals surface area contributed by atoms with Gasteiger partial charge in [0, 0.05) is 26.4 Å². The van der Waals surface area contributed by atoms with Crippen LogP contribution in [0, 0.1) is 5.92 Å². The highest BCUT2D eigenvalue weighted by Gasteiger charge is 2.17. The van der Waals surface area contributed by atoms with Crippen molar-refractivity contribution in [3.05, 3.63) is 0 Å². The van der Waals surface area contributed by atoms with Crippen molar-refractivity contribution in [1.82, 2.24) is 16.0 Å². The van der Waals surface area contributed by atoms with Gasteiger partial charge < -0.3 is 16.0 Å². The van der Waals surface area contributed by atoms with E-state index in [0.29, 0.717) is 25.3 Å². The average molecular weight is 213 g/mol. The van der Waals surface area contributed by atoms with E-state index in [0.717, 1.165) is 19.5 Å². The summed E-state index contributed by atoms with van der Waals surface area (Å²) in [5.74, 6) is 0.468. The van der Waals surface area contributed by atoms with E-state index in [2.05, 4.69) is 16.0 Å². The molecule has 0 aromatic rings. The molecule has 0 aliphatic carbocycles. The predicted molar refractivity (Wildman–Crippen MR) is 57.3 cm³/mol. The van der Waals surface area contributed by atoms with Crippen molar-refractivity contribution in [2.75, 3.05) is 26.7 Å². The molecule has 15 heavy (non-hydrogen) atoms. The van der Waals surface area contributed by atoms with E-state index in [-0.39, 0.29) is 11.8 Å². The molecule has 1 aliphatic rings. The molecular formula is C10H19N3O2. The summed E-state index contributed by atoms with van der Waals surface area (Å²) in [7, 11) is 1.59. The number of nitrogens with one attached hydrogen (secondary N) is 3. The SMILES string of the molecule is CNC(=O)CCNC(=O)CC1CCNC1. The Bertz CT molecular complexity index is 225. The summed E-state index contributed by atoms with van der Waals surface area (Å²) < 4.78 is 0. The van der Waals surface area contributed by atoms with Gasteiger partial charge in [0.15, 0.2) is 0 Å². The lowest BCUT2D eigenvalue weighted by atomic mass is 10.0. The topological polar surface area (TPSA) is 70.2 Å². The molecular weight excluding hydrogens is 194 g/mol. The summed E-state index contributed by atoms with van der Waals surface area (Å²) in [6, 6.07) is 0. The molecule has 1 saturated heterocycles. The van der Waals surface area contributed by atoms with Crippen LogP contribution in [0.15, 0.2) is 0 Å². The summed E-state index contributed by atoms with van der Waals surface area (Å²) >= 11 is 0. The van der Waals surface area contributed by atoms with E-state index < -0.39 is 0 Å². The number of hydrogen-bond donors (Lipinski definition) is 3. The maximum atomic E-state index is 11.4. The van der Waals surface area contributed by atoms with Gasteiger partial charge in [-0.15, -0.1) is 0 Å². The molecule has 5 heteroatoms. The zero-order valence-electron chi connectivity index (χ0n) is 9.14. The number of hydrogen-bond acceptors (Lipinski definition) is 3. The van der Waals surface area contributed by atoms with Crippen molar-refractivity contribution in [2.45, 2.75) is 19.3 Å². The van der Waals surface area contributed by atoms with E-state index in [4.69, 9.17) is 0 Å². The van der Waals surface area contributed by atoms with Crippen molar-refractivity contribution in [1.29, 1.82) is 0 Å². The molecule has 1 unspecified atom stereocenters. The minimum absolute atomic E-state index is 0.0437. The monoisotopic (exact) mass is 213 g/mol. The van der Waals surface area contributed by atoms with Crippen LogP contribution in [0.3, 0.4) is 0 Å². The fourth-order valence-corrected chi connectivity index (χ4v) is 1.66. The molecule has 0 aromatic heterocycles. The first-order valence-electron chi connectivity index (χ1n) is 5.40. The minimum atomic E-state index is -0.0437. The van der Waals surface area contributed by atoms with Crippen LogP contribution in [0.5, 0.6) is 0 Å². The quantitative estimate of drug-likeness (QED) is 0.562. The van der Waals surface area contributed by atoms with Gasteiger partial charge in [-0.2, -0.15) is 0 Å². The Morgan fingerprint density at radius 2 is 2.20 bits per heavy atom. The summed E-state index contributed by atoms with van der Waals surface area (Å²) in [4.78, 5) is 22.3. The standard InChI is InChI=1S/C10H19N3O2/c1-11-9(14)3-5-13-10(15)6-8-2-4-12-7-8/h8,12H,2-7H2,1H3,(H,11,14)(H,13,15). The maximum Gasteiger partial charge on any atom is 0.221 e. The van der Waals surface area contributed by atoms with Crippen molar-refractivity contribution in [3.63, 3.8) is 0 Å². The number of carbonyl (C=O) groups excluding carboxylic acids is 2. The van der Waals surface area contributed by atoms with Crippen LogP contribution in [0.4, 0.5) is 0 Å². The molecule has 1 aliphatic heterocycles. The lowest BCUT2D eigenvalue weighted by Crippen LogP contribution is -2.30. The average Bonchev–Trinajstić information content (AvgIpc) is 2.70. The third kappa shape index (κ3) is 4.78. The molecule has 0 bridgehead atoms. The predicted octanol–water partition coefficient (Wildman–Crippen LogP) is -0.762. The second kappa shape index (κ2) is 6.40. The highest BCUT2D eigenvalue weighted by atomic mass is 16.2. The summed E-state index contributed by atoms with van der Waals surface area (Å²) in [6.07, 6.45) is 1.99. The number of amides is 2. The molecule has 1 fully saturated rings. The van der Waals surface area contributed by atoms with Crippen LogP contribution in [0.1, 0.15) is 19.3 Å². The molecule has 5 nitrogen and oxygen atoms in total. The summed E-state index contributed by atoms with van der Waals surface area (Å²) in [5, 5.41) is 8.48. The van der Waals surface area contributed by atoms with E-state index >= 15 is 0 Å². The van der Waals surface area contributed by atoms with Gasteiger partial charge in [-0.1, -0.05) is 0 Å². The Kier molecular flexibility index (Phi) is 5.10. The first-order valence-corrected chi connectivity index (χ1v) is 5.40. The smallest absolute Gasteiger partial charge is 0.221 e. The van der Waals surface area contributed by atoms with Crippen LogP contribution in [-0.4, -0.2) is 38.5 Å². The molecule has 0 aromatic carbocycles. The Hall–Kier alpha value is -1.10. The normalized spacial score (nSPS) is 19.9. The van der Waals surface area contributed by atoms with Crippen LogP contribution in [-0.2, 0) is 9.59 Å². The molecule has 1 atom stereocenters. The third-order valence-corrected chi connectivity index (χ3v) is 2.59. The first kappa shape index (κ1) is 12.0. The lowest BCUT2D eigenvalue weighted by molar-refractivity contribution is -0.122. The molecule has 1 rings (SSSR count). The van der Waals surface area contributed by atoms with Crippen LogP contribution in [0.25, 0.3) is 0 Å².